The second-order valence-corrected chi connectivity index (χ2v) is 13.5. The SMILES string of the molecule is COC(=O)[C@H](CCCCNC(=O)OCCC[C@H](C(=O)OC(C)(C)C)[C@@H](CC(C)C)C(=O)OCc1ccccc1)NC(=O)OCc1ccccc1. The van der Waals surface area contributed by atoms with E-state index in [1.54, 1.807) is 20.8 Å². The van der Waals surface area contributed by atoms with Crippen LogP contribution in [-0.2, 0) is 51.3 Å². The first-order valence-electron chi connectivity index (χ1n) is 17.2. The Kier molecular flexibility index (Phi) is 18.4. The molecule has 0 fully saturated rings. The Morgan fingerprint density at radius 1 is 0.680 bits per heavy atom. The lowest BCUT2D eigenvalue weighted by atomic mass is 9.82. The largest absolute Gasteiger partial charge is 0.467 e. The number of benzene rings is 2. The summed E-state index contributed by atoms with van der Waals surface area (Å²) in [6, 6.07) is 17.6. The topological polar surface area (TPSA) is 156 Å². The molecule has 0 radical (unpaired) electrons. The van der Waals surface area contributed by atoms with Crippen LogP contribution in [0.5, 0.6) is 0 Å². The van der Waals surface area contributed by atoms with Crippen molar-refractivity contribution in [3.8, 4) is 0 Å². The van der Waals surface area contributed by atoms with E-state index in [0.717, 1.165) is 11.1 Å². The minimum atomic E-state index is -0.900. The van der Waals surface area contributed by atoms with E-state index < -0.39 is 53.6 Å². The first-order chi connectivity index (χ1) is 23.8. The van der Waals surface area contributed by atoms with Crippen LogP contribution < -0.4 is 10.6 Å². The quantitative estimate of drug-likeness (QED) is 0.0890. The van der Waals surface area contributed by atoms with Crippen molar-refractivity contribution in [2.24, 2.45) is 17.8 Å². The third-order valence-corrected chi connectivity index (χ3v) is 7.52. The molecule has 2 aromatic carbocycles. The van der Waals surface area contributed by atoms with Crippen LogP contribution in [0, 0.1) is 17.8 Å². The first-order valence-corrected chi connectivity index (χ1v) is 17.2. The van der Waals surface area contributed by atoms with Crippen molar-refractivity contribution in [1.29, 1.82) is 0 Å². The number of methoxy groups -OCH3 is 1. The van der Waals surface area contributed by atoms with Gasteiger partial charge in [0.15, 0.2) is 0 Å². The second-order valence-electron chi connectivity index (χ2n) is 13.5. The summed E-state index contributed by atoms with van der Waals surface area (Å²) in [6.07, 6.45) is 0.925. The lowest BCUT2D eigenvalue weighted by Gasteiger charge is -2.29. The molecule has 2 rings (SSSR count). The summed E-state index contributed by atoms with van der Waals surface area (Å²) in [5.41, 5.74) is 0.907. The summed E-state index contributed by atoms with van der Waals surface area (Å²) in [6.45, 7) is 9.73. The number of esters is 3. The van der Waals surface area contributed by atoms with Crippen molar-refractivity contribution < 1.29 is 47.7 Å². The highest BCUT2D eigenvalue weighted by Crippen LogP contribution is 2.29. The minimum absolute atomic E-state index is 0.0258. The Bertz CT molecular complexity index is 1330. The lowest BCUT2D eigenvalue weighted by Crippen LogP contribution is -2.41. The Hall–Kier alpha value is -4.61. The van der Waals surface area contributed by atoms with E-state index >= 15 is 0 Å². The number of hydrogen-bond donors (Lipinski definition) is 2. The standard InChI is InChI=1S/C38H54N2O10/c1-27(2)24-31(33(41)48-25-28-16-9-7-10-17-28)30(34(42)50-38(3,4)5)20-15-23-47-36(44)39-22-14-13-21-32(35(43)46-6)40-37(45)49-26-29-18-11-8-12-19-29/h7-12,16-19,27,30-32H,13-15,20-26H2,1-6H3,(H,39,44)(H,40,45)/t30-,31+,32-/m0/s1. The molecule has 12 nitrogen and oxygen atoms in total. The molecule has 0 saturated carbocycles. The molecule has 0 spiro atoms. The van der Waals surface area contributed by atoms with Crippen molar-refractivity contribution in [3.63, 3.8) is 0 Å². The molecule has 0 aliphatic heterocycles. The monoisotopic (exact) mass is 698 g/mol. The van der Waals surface area contributed by atoms with Gasteiger partial charge in [0.05, 0.1) is 25.6 Å². The van der Waals surface area contributed by atoms with Crippen molar-refractivity contribution in [3.05, 3.63) is 71.8 Å². The maximum Gasteiger partial charge on any atom is 0.408 e. The number of carbonyl (C=O) groups is 5. The number of alkyl carbamates (subject to hydrolysis) is 2. The van der Waals surface area contributed by atoms with Crippen molar-refractivity contribution in [2.75, 3.05) is 20.3 Å². The van der Waals surface area contributed by atoms with E-state index in [1.807, 2.05) is 74.5 Å². The molecule has 2 amide bonds. The van der Waals surface area contributed by atoms with Crippen LogP contribution in [0.15, 0.2) is 60.7 Å². The van der Waals surface area contributed by atoms with Crippen molar-refractivity contribution in [1.82, 2.24) is 10.6 Å². The molecule has 0 aliphatic carbocycles. The fourth-order valence-electron chi connectivity index (χ4n) is 5.11. The zero-order valence-electron chi connectivity index (χ0n) is 30.2. The van der Waals surface area contributed by atoms with E-state index in [9.17, 15) is 24.0 Å². The highest BCUT2D eigenvalue weighted by Gasteiger charge is 2.37. The van der Waals surface area contributed by atoms with Crippen LogP contribution in [-0.4, -0.2) is 62.0 Å². The van der Waals surface area contributed by atoms with Crippen LogP contribution in [0.1, 0.15) is 84.3 Å². The normalized spacial score (nSPS) is 12.9. The number of amides is 2. The van der Waals surface area contributed by atoms with Crippen molar-refractivity contribution in [2.45, 2.75) is 98.0 Å². The van der Waals surface area contributed by atoms with E-state index in [0.29, 0.717) is 25.7 Å². The first kappa shape index (κ1) is 41.6. The average Bonchev–Trinajstić information content (AvgIpc) is 3.07. The zero-order valence-corrected chi connectivity index (χ0v) is 30.2. The molecule has 0 heterocycles. The van der Waals surface area contributed by atoms with Gasteiger partial charge in [-0.25, -0.2) is 14.4 Å². The van der Waals surface area contributed by atoms with Crippen molar-refractivity contribution >= 4 is 30.1 Å². The van der Waals surface area contributed by atoms with E-state index in [-0.39, 0.29) is 45.1 Å². The molecule has 0 bridgehead atoms. The van der Waals surface area contributed by atoms with Crippen LogP contribution in [0.4, 0.5) is 9.59 Å². The molecule has 2 N–H and O–H groups in total. The summed E-state index contributed by atoms with van der Waals surface area (Å²) < 4.78 is 26.7. The van der Waals surface area contributed by atoms with Crippen LogP contribution in [0.2, 0.25) is 0 Å². The van der Waals surface area contributed by atoms with Gasteiger partial charge in [0, 0.05) is 6.54 Å². The molecule has 0 saturated heterocycles. The van der Waals surface area contributed by atoms with Gasteiger partial charge in [-0.2, -0.15) is 0 Å². The Labute approximate surface area is 295 Å². The predicted molar refractivity (Wildman–Crippen MR) is 187 cm³/mol. The zero-order chi connectivity index (χ0) is 36.9. The molecule has 276 valence electrons. The van der Waals surface area contributed by atoms with E-state index in [2.05, 4.69) is 10.6 Å². The van der Waals surface area contributed by atoms with Gasteiger partial charge < -0.3 is 34.3 Å². The van der Waals surface area contributed by atoms with Gasteiger partial charge in [0.2, 0.25) is 0 Å². The lowest BCUT2D eigenvalue weighted by molar-refractivity contribution is -0.169. The molecule has 12 heteroatoms. The van der Waals surface area contributed by atoms with Gasteiger partial charge in [0.1, 0.15) is 24.9 Å². The summed E-state index contributed by atoms with van der Waals surface area (Å²) in [7, 11) is 1.24. The van der Waals surface area contributed by atoms with E-state index in [4.69, 9.17) is 23.7 Å². The Balaban J connectivity index is 1.82. The van der Waals surface area contributed by atoms with Gasteiger partial charge in [-0.1, -0.05) is 74.5 Å². The fourth-order valence-corrected chi connectivity index (χ4v) is 5.11. The van der Waals surface area contributed by atoms with Crippen LogP contribution >= 0.6 is 0 Å². The molecule has 3 atom stereocenters. The third-order valence-electron chi connectivity index (χ3n) is 7.52. The maximum absolute atomic E-state index is 13.3. The van der Waals surface area contributed by atoms with Gasteiger partial charge in [-0.05, 0) is 76.3 Å². The number of unbranched alkanes of at least 4 members (excludes halogenated alkanes) is 1. The Morgan fingerprint density at radius 2 is 1.28 bits per heavy atom. The summed E-state index contributed by atoms with van der Waals surface area (Å²) in [5, 5.41) is 5.20. The maximum atomic E-state index is 13.3. The highest BCUT2D eigenvalue weighted by atomic mass is 16.6. The fraction of sp³-hybridized carbons (Fsp3) is 0.553. The summed E-state index contributed by atoms with van der Waals surface area (Å²) in [4.78, 5) is 63.4. The summed E-state index contributed by atoms with van der Waals surface area (Å²) >= 11 is 0. The average molecular weight is 699 g/mol. The molecule has 0 aliphatic rings. The van der Waals surface area contributed by atoms with Crippen LogP contribution in [0.3, 0.4) is 0 Å². The number of hydrogen-bond acceptors (Lipinski definition) is 10. The number of ether oxygens (including phenoxy) is 5. The molecule has 0 aromatic heterocycles. The smallest absolute Gasteiger partial charge is 0.408 e. The number of nitrogens with one attached hydrogen (secondary N) is 2. The molecular weight excluding hydrogens is 644 g/mol. The molecule has 0 unspecified atom stereocenters. The predicted octanol–water partition coefficient (Wildman–Crippen LogP) is 6.49. The highest BCUT2D eigenvalue weighted by molar-refractivity contribution is 5.82. The van der Waals surface area contributed by atoms with Gasteiger partial charge in [0.25, 0.3) is 0 Å². The second kappa shape index (κ2) is 22.2. The van der Waals surface area contributed by atoms with Gasteiger partial charge >= 0.3 is 30.1 Å². The summed E-state index contributed by atoms with van der Waals surface area (Å²) in [5.74, 6) is -2.95. The molecule has 2 aromatic rings. The Morgan fingerprint density at radius 3 is 1.84 bits per heavy atom. The molecular formula is C38H54N2O10. The number of carbonyl (C=O) groups excluding carboxylic acids is 5. The molecule has 50 heavy (non-hydrogen) atoms. The van der Waals surface area contributed by atoms with Gasteiger partial charge in [-0.15, -0.1) is 0 Å². The minimum Gasteiger partial charge on any atom is -0.467 e. The number of rotatable bonds is 20. The van der Waals surface area contributed by atoms with Crippen LogP contribution in [0.25, 0.3) is 0 Å². The van der Waals surface area contributed by atoms with Gasteiger partial charge in [-0.3, -0.25) is 9.59 Å². The van der Waals surface area contributed by atoms with E-state index in [1.165, 1.54) is 7.11 Å². The third kappa shape index (κ3) is 17.2.